The summed E-state index contributed by atoms with van der Waals surface area (Å²) in [4.78, 5) is 32.5. The van der Waals surface area contributed by atoms with Crippen molar-refractivity contribution in [3.05, 3.63) is 28.1 Å². The number of carbonyl (C=O) groups excluding carboxylic acids is 1. The smallest absolute Gasteiger partial charge is 0.262 e. The minimum Gasteiger partial charge on any atom is -0.379 e. The van der Waals surface area contributed by atoms with Gasteiger partial charge in [-0.2, -0.15) is 0 Å². The van der Waals surface area contributed by atoms with Crippen molar-refractivity contribution >= 4 is 27.5 Å². The molecule has 0 aromatic carbocycles. The van der Waals surface area contributed by atoms with Crippen LogP contribution in [0.25, 0.3) is 10.2 Å². The molecule has 2 aromatic rings. The van der Waals surface area contributed by atoms with Crippen molar-refractivity contribution in [2.45, 2.75) is 44.2 Å². The number of nitrogens with zero attached hydrogens (tertiary/aromatic N) is 3. The average Bonchev–Trinajstić information content (AvgIpc) is 3.20. The van der Waals surface area contributed by atoms with E-state index in [1.165, 1.54) is 41.5 Å². The van der Waals surface area contributed by atoms with E-state index >= 15 is 0 Å². The highest BCUT2D eigenvalue weighted by molar-refractivity contribution is 7.16. The number of ether oxygens (including phenoxy) is 1. The van der Waals surface area contributed by atoms with Gasteiger partial charge in [-0.3, -0.25) is 19.1 Å². The molecule has 0 bridgehead atoms. The zero-order valence-electron chi connectivity index (χ0n) is 15.5. The van der Waals surface area contributed by atoms with Crippen molar-refractivity contribution < 1.29 is 9.53 Å². The highest BCUT2D eigenvalue weighted by atomic mass is 32.1. The van der Waals surface area contributed by atoms with Gasteiger partial charge in [0.1, 0.15) is 11.4 Å². The molecule has 3 heterocycles. The second kappa shape index (κ2) is 8.08. The first kappa shape index (κ1) is 18.6. The Kier molecular flexibility index (Phi) is 5.56. The maximum absolute atomic E-state index is 12.6. The molecule has 2 fully saturated rings. The van der Waals surface area contributed by atoms with Crippen molar-refractivity contribution in [2.75, 3.05) is 32.8 Å². The summed E-state index contributed by atoms with van der Waals surface area (Å²) in [7, 11) is 0. The van der Waals surface area contributed by atoms with Crippen LogP contribution >= 0.6 is 11.3 Å². The Morgan fingerprint density at radius 3 is 2.81 bits per heavy atom. The third-order valence-electron chi connectivity index (χ3n) is 5.85. The zero-order valence-corrected chi connectivity index (χ0v) is 16.3. The average molecular weight is 391 g/mol. The fourth-order valence-corrected chi connectivity index (χ4v) is 5.06. The molecule has 1 aliphatic heterocycles. The van der Waals surface area contributed by atoms with E-state index in [9.17, 15) is 9.59 Å². The summed E-state index contributed by atoms with van der Waals surface area (Å²) in [6.07, 6.45) is 7.35. The van der Waals surface area contributed by atoms with Gasteiger partial charge in [0.25, 0.3) is 5.56 Å². The molecule has 2 aliphatic rings. The lowest BCUT2D eigenvalue weighted by molar-refractivity contribution is -0.123. The number of rotatable bonds is 5. The van der Waals surface area contributed by atoms with Gasteiger partial charge in [0.2, 0.25) is 5.91 Å². The molecular weight excluding hydrogens is 364 g/mol. The molecule has 7 nitrogen and oxygen atoms in total. The molecule has 1 amide bonds. The van der Waals surface area contributed by atoms with Crippen LogP contribution in [0.5, 0.6) is 0 Å². The summed E-state index contributed by atoms with van der Waals surface area (Å²) < 4.78 is 6.90. The first-order valence-electron chi connectivity index (χ1n) is 9.70. The van der Waals surface area contributed by atoms with Crippen molar-refractivity contribution in [1.82, 2.24) is 19.8 Å². The number of aromatic nitrogens is 2. The fourth-order valence-electron chi connectivity index (χ4n) is 4.33. The van der Waals surface area contributed by atoms with E-state index in [1.807, 2.05) is 5.38 Å². The third kappa shape index (κ3) is 3.93. The highest BCUT2D eigenvalue weighted by Gasteiger charge is 2.38. The van der Waals surface area contributed by atoms with Crippen molar-refractivity contribution in [3.63, 3.8) is 0 Å². The van der Waals surface area contributed by atoms with Crippen molar-refractivity contribution in [1.29, 1.82) is 0 Å². The summed E-state index contributed by atoms with van der Waals surface area (Å²) >= 11 is 1.43. The van der Waals surface area contributed by atoms with Crippen LogP contribution in [0.15, 0.2) is 22.6 Å². The molecule has 27 heavy (non-hydrogen) atoms. The number of hydrogen-bond donors (Lipinski definition) is 1. The van der Waals surface area contributed by atoms with E-state index in [0.717, 1.165) is 39.1 Å². The Bertz CT molecular complexity index is 850. The lowest BCUT2D eigenvalue weighted by Gasteiger charge is -2.48. The lowest BCUT2D eigenvalue weighted by Crippen LogP contribution is -2.59. The lowest BCUT2D eigenvalue weighted by atomic mass is 9.79. The summed E-state index contributed by atoms with van der Waals surface area (Å²) in [5, 5.41) is 5.52. The van der Waals surface area contributed by atoms with Crippen LogP contribution in [-0.4, -0.2) is 58.7 Å². The summed E-state index contributed by atoms with van der Waals surface area (Å²) in [6, 6.07) is 1.76. The number of hydrogen-bond acceptors (Lipinski definition) is 6. The predicted molar refractivity (Wildman–Crippen MR) is 105 cm³/mol. The number of carbonyl (C=O) groups is 1. The van der Waals surface area contributed by atoms with E-state index in [-0.39, 0.29) is 23.6 Å². The first-order valence-corrected chi connectivity index (χ1v) is 10.6. The van der Waals surface area contributed by atoms with Crippen LogP contribution in [0.1, 0.15) is 32.1 Å². The van der Waals surface area contributed by atoms with Crippen LogP contribution in [0.3, 0.4) is 0 Å². The standard InChI is InChI=1S/C19H26N4O3S/c24-16(12-22-14-21-17-15(18(22)25)4-11-27-17)20-13-19(5-2-1-3-6-19)23-7-9-26-10-8-23/h4,11,14H,1-3,5-10,12-13H2,(H,20,24). The van der Waals surface area contributed by atoms with Crippen LogP contribution in [0.4, 0.5) is 0 Å². The van der Waals surface area contributed by atoms with E-state index in [2.05, 4.69) is 15.2 Å². The van der Waals surface area contributed by atoms with Crippen LogP contribution in [0, 0.1) is 0 Å². The van der Waals surface area contributed by atoms with E-state index < -0.39 is 0 Å². The topological polar surface area (TPSA) is 76.5 Å². The van der Waals surface area contributed by atoms with E-state index in [0.29, 0.717) is 16.8 Å². The number of thiophene rings is 1. The molecule has 1 N–H and O–H groups in total. The highest BCUT2D eigenvalue weighted by Crippen LogP contribution is 2.33. The van der Waals surface area contributed by atoms with Crippen LogP contribution in [0.2, 0.25) is 0 Å². The second-order valence-electron chi connectivity index (χ2n) is 7.48. The Labute approximate surface area is 162 Å². The summed E-state index contributed by atoms with van der Waals surface area (Å²) in [6.45, 7) is 4.02. The third-order valence-corrected chi connectivity index (χ3v) is 6.67. The summed E-state index contributed by atoms with van der Waals surface area (Å²) in [5.74, 6) is -0.133. The maximum Gasteiger partial charge on any atom is 0.262 e. The zero-order chi connectivity index (χ0) is 18.7. The van der Waals surface area contributed by atoms with Gasteiger partial charge < -0.3 is 10.1 Å². The van der Waals surface area contributed by atoms with Crippen molar-refractivity contribution in [2.24, 2.45) is 0 Å². The van der Waals surface area contributed by atoms with Gasteiger partial charge in [-0.1, -0.05) is 19.3 Å². The molecule has 2 aromatic heterocycles. The monoisotopic (exact) mass is 390 g/mol. The number of amides is 1. The molecule has 0 atom stereocenters. The largest absolute Gasteiger partial charge is 0.379 e. The molecule has 1 saturated carbocycles. The van der Waals surface area contributed by atoms with Crippen LogP contribution < -0.4 is 10.9 Å². The number of fused-ring (bicyclic) bond motifs is 1. The SMILES string of the molecule is O=C(Cn1cnc2sccc2c1=O)NCC1(N2CCOCC2)CCCCC1. The Morgan fingerprint density at radius 2 is 2.04 bits per heavy atom. The van der Waals surface area contributed by atoms with Gasteiger partial charge in [0.05, 0.1) is 24.9 Å². The molecule has 8 heteroatoms. The molecule has 146 valence electrons. The van der Waals surface area contributed by atoms with Crippen LogP contribution in [-0.2, 0) is 16.1 Å². The van der Waals surface area contributed by atoms with Gasteiger partial charge in [0, 0.05) is 25.2 Å². The Morgan fingerprint density at radius 1 is 1.26 bits per heavy atom. The maximum atomic E-state index is 12.6. The normalized spacial score (nSPS) is 20.6. The Balaban J connectivity index is 1.43. The first-order chi connectivity index (χ1) is 13.2. The van der Waals surface area contributed by atoms with E-state index in [1.54, 1.807) is 6.07 Å². The molecule has 1 saturated heterocycles. The molecule has 1 aliphatic carbocycles. The number of nitrogens with one attached hydrogen (secondary N) is 1. The van der Waals surface area contributed by atoms with Gasteiger partial charge in [-0.15, -0.1) is 11.3 Å². The van der Waals surface area contributed by atoms with E-state index in [4.69, 9.17) is 4.74 Å². The predicted octanol–water partition coefficient (Wildman–Crippen LogP) is 1.61. The van der Waals surface area contributed by atoms with Gasteiger partial charge in [-0.25, -0.2) is 4.98 Å². The molecular formula is C19H26N4O3S. The molecule has 0 unspecified atom stereocenters. The molecule has 0 spiro atoms. The minimum atomic E-state index is -0.156. The minimum absolute atomic E-state index is 0.0107. The van der Waals surface area contributed by atoms with Gasteiger partial charge >= 0.3 is 0 Å². The van der Waals surface area contributed by atoms with Crippen molar-refractivity contribution in [3.8, 4) is 0 Å². The van der Waals surface area contributed by atoms with Gasteiger partial charge in [0.15, 0.2) is 0 Å². The molecule has 0 radical (unpaired) electrons. The van der Waals surface area contributed by atoms with Gasteiger partial charge in [-0.05, 0) is 24.3 Å². The second-order valence-corrected chi connectivity index (χ2v) is 8.37. The fraction of sp³-hybridized carbons (Fsp3) is 0.632. The number of morpholine rings is 1. The quantitative estimate of drug-likeness (QED) is 0.839. The summed E-state index contributed by atoms with van der Waals surface area (Å²) in [5.41, 5.74) is -0.130. The Hall–Kier alpha value is -1.77. The molecule has 4 rings (SSSR count).